The Morgan fingerprint density at radius 2 is 1.89 bits per heavy atom. The molecule has 2 unspecified atom stereocenters. The summed E-state index contributed by atoms with van der Waals surface area (Å²) < 4.78 is 0. The highest BCUT2D eigenvalue weighted by Crippen LogP contribution is 2.18. The maximum Gasteiger partial charge on any atom is 0.0822 e. The molecule has 1 fully saturated rings. The molecule has 0 bridgehead atoms. The Morgan fingerprint density at radius 1 is 1.21 bits per heavy atom. The highest BCUT2D eigenvalue weighted by molar-refractivity contribution is 5.14. The van der Waals surface area contributed by atoms with E-state index < -0.39 is 0 Å². The Kier molecular flexibility index (Phi) is 5.37. The van der Waals surface area contributed by atoms with Crippen LogP contribution in [0.25, 0.3) is 0 Å². The molecule has 1 aliphatic heterocycles. The minimum absolute atomic E-state index is 0.225. The van der Waals surface area contributed by atoms with Crippen LogP contribution in [-0.4, -0.2) is 53.2 Å². The highest BCUT2D eigenvalue weighted by Gasteiger charge is 2.30. The van der Waals surface area contributed by atoms with Gasteiger partial charge in [0.2, 0.25) is 0 Å². The van der Waals surface area contributed by atoms with Gasteiger partial charge in [-0.2, -0.15) is 0 Å². The first-order valence-electron chi connectivity index (χ1n) is 7.43. The second-order valence-electron chi connectivity index (χ2n) is 5.37. The van der Waals surface area contributed by atoms with Crippen LogP contribution in [0.3, 0.4) is 0 Å². The first-order chi connectivity index (χ1) is 9.24. The third kappa shape index (κ3) is 3.78. The smallest absolute Gasteiger partial charge is 0.0822 e. The highest BCUT2D eigenvalue weighted by atomic mass is 16.3. The number of likely N-dealkylation sites (N-methyl/N-ethyl adjacent to an activating group) is 1. The van der Waals surface area contributed by atoms with Crippen molar-refractivity contribution in [1.82, 2.24) is 9.80 Å². The fourth-order valence-corrected chi connectivity index (χ4v) is 3.09. The average Bonchev–Trinajstić information content (AvgIpc) is 2.43. The molecule has 2 rings (SSSR count). The topological polar surface area (TPSA) is 26.7 Å². The van der Waals surface area contributed by atoms with Crippen LogP contribution >= 0.6 is 0 Å². The van der Waals surface area contributed by atoms with Crippen LogP contribution in [-0.2, 0) is 6.54 Å². The van der Waals surface area contributed by atoms with Crippen LogP contribution in [0.5, 0.6) is 0 Å². The molecular formula is C16H26N2O. The van der Waals surface area contributed by atoms with Gasteiger partial charge in [0.1, 0.15) is 0 Å². The van der Waals surface area contributed by atoms with Gasteiger partial charge in [0.15, 0.2) is 0 Å². The van der Waals surface area contributed by atoms with Gasteiger partial charge in [-0.05, 0) is 25.1 Å². The Morgan fingerprint density at radius 3 is 2.47 bits per heavy atom. The van der Waals surface area contributed by atoms with Crippen molar-refractivity contribution in [3.05, 3.63) is 35.9 Å². The molecule has 3 heteroatoms. The molecule has 0 spiro atoms. The number of rotatable bonds is 5. The summed E-state index contributed by atoms with van der Waals surface area (Å²) in [4.78, 5) is 4.74. The fourth-order valence-electron chi connectivity index (χ4n) is 3.09. The minimum atomic E-state index is -0.225. The van der Waals surface area contributed by atoms with Gasteiger partial charge < -0.3 is 5.11 Å². The van der Waals surface area contributed by atoms with Crippen LogP contribution in [0.15, 0.2) is 30.3 Å². The molecule has 0 aliphatic carbocycles. The molecule has 1 aromatic carbocycles. The summed E-state index contributed by atoms with van der Waals surface area (Å²) in [5.74, 6) is 0. The monoisotopic (exact) mass is 262 g/mol. The van der Waals surface area contributed by atoms with Gasteiger partial charge in [-0.3, -0.25) is 9.80 Å². The summed E-state index contributed by atoms with van der Waals surface area (Å²) in [6.45, 7) is 9.21. The Balaban J connectivity index is 1.89. The lowest BCUT2D eigenvalue weighted by Crippen LogP contribution is -2.53. The van der Waals surface area contributed by atoms with Crippen molar-refractivity contribution in [2.24, 2.45) is 0 Å². The summed E-state index contributed by atoms with van der Waals surface area (Å²) in [5.41, 5.74) is 1.33. The third-order valence-electron chi connectivity index (χ3n) is 4.16. The molecule has 106 valence electrons. The van der Waals surface area contributed by atoms with Gasteiger partial charge in [0.25, 0.3) is 0 Å². The van der Waals surface area contributed by atoms with Crippen molar-refractivity contribution in [2.75, 3.05) is 26.2 Å². The van der Waals surface area contributed by atoms with Crippen LogP contribution in [0.1, 0.15) is 25.8 Å². The predicted octanol–water partition coefficient (Wildman–Crippen LogP) is 1.96. The lowest BCUT2D eigenvalue weighted by Gasteiger charge is -2.41. The van der Waals surface area contributed by atoms with Crippen molar-refractivity contribution >= 4 is 0 Å². The predicted molar refractivity (Wildman–Crippen MR) is 79.1 cm³/mol. The van der Waals surface area contributed by atoms with Gasteiger partial charge in [-0.25, -0.2) is 0 Å². The molecule has 19 heavy (non-hydrogen) atoms. The van der Waals surface area contributed by atoms with Crippen molar-refractivity contribution in [3.63, 3.8) is 0 Å². The first-order valence-corrected chi connectivity index (χ1v) is 7.43. The standard InChI is InChI=1S/C16H26N2O/c1-3-18(4-2)15-10-11-17(13-16(15)19)12-14-8-6-5-7-9-14/h5-9,15-16,19H,3-4,10-13H2,1-2H3. The van der Waals surface area contributed by atoms with Crippen molar-refractivity contribution in [2.45, 2.75) is 39.0 Å². The molecule has 0 amide bonds. The van der Waals surface area contributed by atoms with Crippen molar-refractivity contribution in [3.8, 4) is 0 Å². The average molecular weight is 262 g/mol. The number of aliphatic hydroxyl groups is 1. The van der Waals surface area contributed by atoms with E-state index in [0.29, 0.717) is 6.04 Å². The zero-order chi connectivity index (χ0) is 13.7. The van der Waals surface area contributed by atoms with Crippen LogP contribution in [0, 0.1) is 0 Å². The van der Waals surface area contributed by atoms with E-state index in [-0.39, 0.29) is 6.10 Å². The lowest BCUT2D eigenvalue weighted by molar-refractivity contribution is -0.0120. The molecule has 1 aliphatic rings. The van der Waals surface area contributed by atoms with Gasteiger partial charge in [-0.1, -0.05) is 44.2 Å². The molecule has 1 saturated heterocycles. The second kappa shape index (κ2) is 7.04. The van der Waals surface area contributed by atoms with E-state index in [2.05, 4.69) is 47.9 Å². The SMILES string of the molecule is CCN(CC)C1CCN(Cc2ccccc2)CC1O. The Labute approximate surface area is 116 Å². The first kappa shape index (κ1) is 14.5. The maximum atomic E-state index is 10.4. The molecule has 1 N–H and O–H groups in total. The van der Waals surface area contributed by atoms with E-state index in [1.165, 1.54) is 5.56 Å². The van der Waals surface area contributed by atoms with Crippen LogP contribution in [0.2, 0.25) is 0 Å². The number of piperidine rings is 1. The maximum absolute atomic E-state index is 10.4. The molecule has 2 atom stereocenters. The summed E-state index contributed by atoms with van der Waals surface area (Å²) >= 11 is 0. The number of hydrogen-bond donors (Lipinski definition) is 1. The van der Waals surface area contributed by atoms with Gasteiger partial charge in [-0.15, -0.1) is 0 Å². The molecule has 1 heterocycles. The van der Waals surface area contributed by atoms with Gasteiger partial charge in [0, 0.05) is 25.7 Å². The molecule has 0 radical (unpaired) electrons. The van der Waals surface area contributed by atoms with Crippen LogP contribution in [0.4, 0.5) is 0 Å². The summed E-state index contributed by atoms with van der Waals surface area (Å²) in [7, 11) is 0. The van der Waals surface area contributed by atoms with E-state index in [4.69, 9.17) is 0 Å². The van der Waals surface area contributed by atoms with E-state index in [1.54, 1.807) is 0 Å². The fraction of sp³-hybridized carbons (Fsp3) is 0.625. The quantitative estimate of drug-likeness (QED) is 0.879. The van der Waals surface area contributed by atoms with E-state index in [9.17, 15) is 5.11 Å². The van der Waals surface area contributed by atoms with Crippen LogP contribution < -0.4 is 0 Å². The number of β-amino-alcohol motifs (C(OH)–C–C–N with tert-alkyl or cyclic N) is 1. The van der Waals surface area contributed by atoms with E-state index >= 15 is 0 Å². The Bertz CT molecular complexity index is 364. The van der Waals surface area contributed by atoms with E-state index in [1.807, 2.05) is 6.07 Å². The number of hydrogen-bond acceptors (Lipinski definition) is 3. The molecule has 0 saturated carbocycles. The van der Waals surface area contributed by atoms with Gasteiger partial charge >= 0.3 is 0 Å². The second-order valence-corrected chi connectivity index (χ2v) is 5.37. The number of aliphatic hydroxyl groups excluding tert-OH is 1. The molecule has 3 nitrogen and oxygen atoms in total. The zero-order valence-corrected chi connectivity index (χ0v) is 12.1. The van der Waals surface area contributed by atoms with Crippen molar-refractivity contribution in [1.29, 1.82) is 0 Å². The largest absolute Gasteiger partial charge is 0.390 e. The molecular weight excluding hydrogens is 236 g/mol. The minimum Gasteiger partial charge on any atom is -0.390 e. The summed E-state index contributed by atoms with van der Waals surface area (Å²) in [6.07, 6.45) is 0.840. The lowest BCUT2D eigenvalue weighted by atomic mass is 9.99. The summed E-state index contributed by atoms with van der Waals surface area (Å²) in [6, 6.07) is 10.8. The zero-order valence-electron chi connectivity index (χ0n) is 12.1. The number of benzene rings is 1. The van der Waals surface area contributed by atoms with Gasteiger partial charge in [0.05, 0.1) is 6.10 Å². The third-order valence-corrected chi connectivity index (χ3v) is 4.16. The molecule has 0 aromatic heterocycles. The van der Waals surface area contributed by atoms with Crippen molar-refractivity contribution < 1.29 is 5.11 Å². The number of likely N-dealkylation sites (tertiary alicyclic amines) is 1. The number of nitrogens with zero attached hydrogens (tertiary/aromatic N) is 2. The summed E-state index contributed by atoms with van der Waals surface area (Å²) in [5, 5.41) is 10.4. The normalized spacial score (nSPS) is 24.8. The Hall–Kier alpha value is -0.900. The molecule has 1 aromatic rings. The van der Waals surface area contributed by atoms with E-state index in [0.717, 1.165) is 39.1 Å².